The van der Waals surface area contributed by atoms with Crippen LogP contribution in [0.2, 0.25) is 0 Å². The number of nitrogens with zero attached hydrogens (tertiary/aromatic N) is 4. The summed E-state index contributed by atoms with van der Waals surface area (Å²) < 4.78 is 6.91. The van der Waals surface area contributed by atoms with Crippen molar-refractivity contribution in [3.63, 3.8) is 0 Å². The van der Waals surface area contributed by atoms with Crippen LogP contribution < -0.4 is 10.2 Å². The molecule has 1 aliphatic rings. The SMILES string of the molecule is COCCNC(=O)[C@H]1CCCN(c2nnc(-n3cccc3)s2)C1. The van der Waals surface area contributed by atoms with Crippen molar-refractivity contribution in [1.29, 1.82) is 0 Å². The zero-order valence-electron chi connectivity index (χ0n) is 13.1. The summed E-state index contributed by atoms with van der Waals surface area (Å²) in [5.41, 5.74) is 0. The van der Waals surface area contributed by atoms with Gasteiger partial charge in [-0.05, 0) is 25.0 Å². The molecule has 0 spiro atoms. The highest BCUT2D eigenvalue weighted by molar-refractivity contribution is 7.17. The molecule has 0 radical (unpaired) electrons. The number of methoxy groups -OCH3 is 1. The zero-order valence-corrected chi connectivity index (χ0v) is 14.0. The summed E-state index contributed by atoms with van der Waals surface area (Å²) in [7, 11) is 1.63. The Morgan fingerprint density at radius 1 is 1.39 bits per heavy atom. The minimum Gasteiger partial charge on any atom is -0.383 e. The van der Waals surface area contributed by atoms with Crippen molar-refractivity contribution in [2.75, 3.05) is 38.3 Å². The monoisotopic (exact) mass is 335 g/mol. The van der Waals surface area contributed by atoms with E-state index in [0.717, 1.165) is 29.6 Å². The third-order valence-electron chi connectivity index (χ3n) is 3.90. The first kappa shape index (κ1) is 15.9. The van der Waals surface area contributed by atoms with Gasteiger partial charge in [0.1, 0.15) is 0 Å². The van der Waals surface area contributed by atoms with Gasteiger partial charge in [0.05, 0.1) is 12.5 Å². The predicted octanol–water partition coefficient (Wildman–Crippen LogP) is 1.31. The number of amides is 1. The molecule has 0 unspecified atom stereocenters. The number of ether oxygens (including phenoxy) is 1. The molecule has 3 rings (SSSR count). The molecule has 0 saturated carbocycles. The maximum Gasteiger partial charge on any atom is 0.224 e. The molecule has 0 aromatic carbocycles. The standard InChI is InChI=1S/C15H21N5O2S/c1-22-10-6-16-13(21)12-5-4-9-20(11-12)15-18-17-14(23-15)19-7-2-3-8-19/h2-3,7-8,12H,4-6,9-11H2,1H3,(H,16,21)/t12-/m0/s1. The number of aromatic nitrogens is 3. The van der Waals surface area contributed by atoms with Gasteiger partial charge in [-0.1, -0.05) is 11.3 Å². The van der Waals surface area contributed by atoms with E-state index >= 15 is 0 Å². The van der Waals surface area contributed by atoms with Crippen molar-refractivity contribution >= 4 is 22.4 Å². The highest BCUT2D eigenvalue weighted by Gasteiger charge is 2.27. The fourth-order valence-corrected chi connectivity index (χ4v) is 3.54. The van der Waals surface area contributed by atoms with Gasteiger partial charge in [0, 0.05) is 39.1 Å². The third-order valence-corrected chi connectivity index (χ3v) is 4.89. The van der Waals surface area contributed by atoms with E-state index in [2.05, 4.69) is 20.4 Å². The van der Waals surface area contributed by atoms with Crippen LogP contribution in [0.25, 0.3) is 5.13 Å². The molecule has 1 atom stereocenters. The van der Waals surface area contributed by atoms with Crippen LogP contribution in [0.1, 0.15) is 12.8 Å². The minimum atomic E-state index is -0.000431. The normalized spacial score (nSPS) is 18.1. The lowest BCUT2D eigenvalue weighted by Gasteiger charge is -2.31. The minimum absolute atomic E-state index is 0.000431. The Morgan fingerprint density at radius 2 is 2.17 bits per heavy atom. The van der Waals surface area contributed by atoms with E-state index in [1.807, 2.05) is 29.1 Å². The number of nitrogens with one attached hydrogen (secondary N) is 1. The Labute approximate surface area is 139 Å². The first-order chi connectivity index (χ1) is 11.3. The van der Waals surface area contributed by atoms with Gasteiger partial charge in [0.25, 0.3) is 0 Å². The molecule has 8 heteroatoms. The molecule has 23 heavy (non-hydrogen) atoms. The molecular weight excluding hydrogens is 314 g/mol. The highest BCUT2D eigenvalue weighted by atomic mass is 32.1. The van der Waals surface area contributed by atoms with Crippen molar-refractivity contribution in [1.82, 2.24) is 20.1 Å². The molecule has 2 aromatic heterocycles. The Hall–Kier alpha value is -1.93. The smallest absolute Gasteiger partial charge is 0.224 e. The second kappa shape index (κ2) is 7.56. The van der Waals surface area contributed by atoms with E-state index in [1.54, 1.807) is 18.4 Å². The van der Waals surface area contributed by atoms with Crippen molar-refractivity contribution < 1.29 is 9.53 Å². The second-order valence-corrected chi connectivity index (χ2v) is 6.46. The van der Waals surface area contributed by atoms with E-state index in [9.17, 15) is 4.79 Å². The molecule has 3 heterocycles. The number of anilines is 1. The Kier molecular flexibility index (Phi) is 5.24. The quantitative estimate of drug-likeness (QED) is 0.806. The lowest BCUT2D eigenvalue weighted by molar-refractivity contribution is -0.125. The number of piperidine rings is 1. The second-order valence-electron chi connectivity index (χ2n) is 5.53. The van der Waals surface area contributed by atoms with Gasteiger partial charge in [0.15, 0.2) is 0 Å². The molecule has 0 aliphatic carbocycles. The molecule has 1 saturated heterocycles. The van der Waals surface area contributed by atoms with Gasteiger partial charge in [0.2, 0.25) is 16.2 Å². The Morgan fingerprint density at radius 3 is 2.96 bits per heavy atom. The fraction of sp³-hybridized carbons (Fsp3) is 0.533. The number of carbonyl (C=O) groups excluding carboxylic acids is 1. The van der Waals surface area contributed by atoms with Crippen LogP contribution in [0.15, 0.2) is 24.5 Å². The number of hydrogen-bond acceptors (Lipinski definition) is 6. The Bertz CT molecular complexity index is 628. The van der Waals surface area contributed by atoms with E-state index in [-0.39, 0.29) is 11.8 Å². The first-order valence-corrected chi connectivity index (χ1v) is 8.58. The number of rotatable bonds is 6. The maximum absolute atomic E-state index is 12.2. The summed E-state index contributed by atoms with van der Waals surface area (Å²) in [6, 6.07) is 3.92. The van der Waals surface area contributed by atoms with Crippen LogP contribution in [0.3, 0.4) is 0 Å². The number of carbonyl (C=O) groups is 1. The maximum atomic E-state index is 12.2. The zero-order chi connectivity index (χ0) is 16.1. The lowest BCUT2D eigenvalue weighted by Crippen LogP contribution is -2.43. The van der Waals surface area contributed by atoms with Crippen LogP contribution in [0, 0.1) is 5.92 Å². The van der Waals surface area contributed by atoms with Gasteiger partial charge in [-0.3, -0.25) is 9.36 Å². The van der Waals surface area contributed by atoms with Gasteiger partial charge in [-0.15, -0.1) is 10.2 Å². The van der Waals surface area contributed by atoms with Gasteiger partial charge in [-0.25, -0.2) is 0 Å². The van der Waals surface area contributed by atoms with Crippen LogP contribution in [0.4, 0.5) is 5.13 Å². The molecule has 124 valence electrons. The van der Waals surface area contributed by atoms with Crippen molar-refractivity contribution in [3.05, 3.63) is 24.5 Å². The summed E-state index contributed by atoms with van der Waals surface area (Å²) in [4.78, 5) is 14.4. The topological polar surface area (TPSA) is 72.3 Å². The van der Waals surface area contributed by atoms with Gasteiger partial charge in [-0.2, -0.15) is 0 Å². The van der Waals surface area contributed by atoms with Crippen LogP contribution >= 0.6 is 11.3 Å². The van der Waals surface area contributed by atoms with E-state index in [1.165, 1.54) is 0 Å². The summed E-state index contributed by atoms with van der Waals surface area (Å²) in [5.74, 6) is 0.0985. The van der Waals surface area contributed by atoms with Crippen molar-refractivity contribution in [3.8, 4) is 5.13 Å². The molecular formula is C15H21N5O2S. The van der Waals surface area contributed by atoms with Gasteiger partial charge < -0.3 is 15.0 Å². The van der Waals surface area contributed by atoms with E-state index in [4.69, 9.17) is 4.74 Å². The fourth-order valence-electron chi connectivity index (χ4n) is 2.69. The van der Waals surface area contributed by atoms with Crippen molar-refractivity contribution in [2.45, 2.75) is 12.8 Å². The third kappa shape index (κ3) is 3.89. The summed E-state index contributed by atoms with van der Waals surface area (Å²) in [6.07, 6.45) is 5.80. The largest absolute Gasteiger partial charge is 0.383 e. The summed E-state index contributed by atoms with van der Waals surface area (Å²) in [5, 5.41) is 13.2. The van der Waals surface area contributed by atoms with Crippen LogP contribution in [-0.4, -0.2) is 54.0 Å². The average Bonchev–Trinajstić information content (AvgIpc) is 3.26. The Balaban J connectivity index is 1.61. The van der Waals surface area contributed by atoms with Crippen LogP contribution in [-0.2, 0) is 9.53 Å². The first-order valence-electron chi connectivity index (χ1n) is 7.76. The molecule has 7 nitrogen and oxygen atoms in total. The summed E-state index contributed by atoms with van der Waals surface area (Å²) in [6.45, 7) is 2.71. The molecule has 1 fully saturated rings. The molecule has 1 N–H and O–H groups in total. The average molecular weight is 335 g/mol. The number of hydrogen-bond donors (Lipinski definition) is 1. The predicted molar refractivity (Wildman–Crippen MR) is 89.1 cm³/mol. The van der Waals surface area contributed by atoms with Crippen LogP contribution in [0.5, 0.6) is 0 Å². The van der Waals surface area contributed by atoms with E-state index in [0.29, 0.717) is 19.7 Å². The lowest BCUT2D eigenvalue weighted by atomic mass is 9.97. The highest BCUT2D eigenvalue weighted by Crippen LogP contribution is 2.27. The van der Waals surface area contributed by atoms with Crippen molar-refractivity contribution in [2.24, 2.45) is 5.92 Å². The van der Waals surface area contributed by atoms with E-state index < -0.39 is 0 Å². The molecule has 2 aromatic rings. The molecule has 0 bridgehead atoms. The molecule has 1 amide bonds. The summed E-state index contributed by atoms with van der Waals surface area (Å²) >= 11 is 1.55. The van der Waals surface area contributed by atoms with Gasteiger partial charge >= 0.3 is 0 Å². The molecule has 1 aliphatic heterocycles.